The molecule has 0 aromatic rings. The predicted molar refractivity (Wildman–Crippen MR) is 100 cm³/mol. The smallest absolute Gasteiger partial charge is 0.312 e. The van der Waals surface area contributed by atoms with Gasteiger partial charge in [-0.3, -0.25) is 9.59 Å². The third-order valence-corrected chi connectivity index (χ3v) is 7.52. The molecule has 4 aliphatic carbocycles. The van der Waals surface area contributed by atoms with E-state index in [-0.39, 0.29) is 36.0 Å². The summed E-state index contributed by atoms with van der Waals surface area (Å²) >= 11 is 0. The van der Waals surface area contributed by atoms with Gasteiger partial charge in [0.05, 0.1) is 11.8 Å². The topological polar surface area (TPSA) is 52.6 Å². The molecule has 0 N–H and O–H groups in total. The van der Waals surface area contributed by atoms with Crippen molar-refractivity contribution in [2.24, 2.45) is 28.6 Å². The Morgan fingerprint density at radius 1 is 1.19 bits per heavy atom. The lowest BCUT2D eigenvalue weighted by Crippen LogP contribution is -2.44. The minimum Gasteiger partial charge on any atom is -0.465 e. The fourth-order valence-electron chi connectivity index (χ4n) is 4.93. The van der Waals surface area contributed by atoms with E-state index in [0.717, 1.165) is 18.8 Å². The average molecular weight is 363 g/mol. The van der Waals surface area contributed by atoms with Gasteiger partial charge in [-0.1, -0.05) is 33.8 Å². The molecule has 0 aliphatic heterocycles. The van der Waals surface area contributed by atoms with Crippen molar-refractivity contribution < 1.29 is 19.1 Å². The maximum absolute atomic E-state index is 12.5. The first-order valence-corrected chi connectivity index (χ1v) is 10.1. The lowest BCUT2D eigenvalue weighted by Gasteiger charge is -2.41. The molecule has 0 aromatic heterocycles. The lowest BCUT2D eigenvalue weighted by molar-refractivity contribution is -0.167. The molecular formula is C22H34O4. The molecular weight excluding hydrogens is 328 g/mol. The normalized spacial score (nSPS) is 32.5. The third kappa shape index (κ3) is 2.99. The largest absolute Gasteiger partial charge is 0.465 e. The Kier molecular flexibility index (Phi) is 4.77. The monoisotopic (exact) mass is 362 g/mol. The Morgan fingerprint density at radius 2 is 1.88 bits per heavy atom. The SMILES string of the molecule is CCC1(OC(=O)CCOC(=O)C(C)(C)C(C)(C)C)C2=CC3CC(C2)CC31. The highest BCUT2D eigenvalue weighted by Gasteiger charge is 2.59. The summed E-state index contributed by atoms with van der Waals surface area (Å²) in [5, 5.41) is 0. The van der Waals surface area contributed by atoms with Crippen LogP contribution in [0.5, 0.6) is 0 Å². The number of allylic oxidation sites excluding steroid dienone is 1. The van der Waals surface area contributed by atoms with Crippen LogP contribution in [0.25, 0.3) is 0 Å². The van der Waals surface area contributed by atoms with Crippen molar-refractivity contribution in [3.63, 3.8) is 0 Å². The van der Waals surface area contributed by atoms with Crippen molar-refractivity contribution in [3.8, 4) is 0 Å². The van der Waals surface area contributed by atoms with E-state index >= 15 is 0 Å². The summed E-state index contributed by atoms with van der Waals surface area (Å²) in [6.45, 7) is 12.0. The molecule has 0 aromatic carbocycles. The number of hydrogen-bond acceptors (Lipinski definition) is 4. The van der Waals surface area contributed by atoms with Crippen LogP contribution in [-0.2, 0) is 19.1 Å². The van der Waals surface area contributed by atoms with Crippen LogP contribution in [-0.4, -0.2) is 24.1 Å². The van der Waals surface area contributed by atoms with Gasteiger partial charge in [0.2, 0.25) is 0 Å². The van der Waals surface area contributed by atoms with Gasteiger partial charge in [-0.15, -0.1) is 0 Å². The Bertz CT molecular complexity index is 625. The molecule has 0 radical (unpaired) electrons. The highest BCUT2D eigenvalue weighted by atomic mass is 16.6. The average Bonchev–Trinajstić information content (AvgIpc) is 2.94. The Labute approximate surface area is 157 Å². The zero-order chi connectivity index (χ0) is 19.3. The summed E-state index contributed by atoms with van der Waals surface area (Å²) in [6, 6.07) is 0. The first-order valence-electron chi connectivity index (χ1n) is 10.1. The molecule has 4 atom stereocenters. The fraction of sp³-hybridized carbons (Fsp3) is 0.818. The van der Waals surface area contributed by atoms with Crippen LogP contribution < -0.4 is 0 Å². The molecule has 4 bridgehead atoms. The molecule has 0 amide bonds. The summed E-state index contributed by atoms with van der Waals surface area (Å²) in [5.41, 5.74) is 0.154. The molecule has 26 heavy (non-hydrogen) atoms. The summed E-state index contributed by atoms with van der Waals surface area (Å²) in [6.07, 6.45) is 6.87. The van der Waals surface area contributed by atoms with Crippen molar-refractivity contribution in [2.75, 3.05) is 6.61 Å². The molecule has 4 aliphatic rings. The summed E-state index contributed by atoms with van der Waals surface area (Å²) in [5.74, 6) is 1.35. The van der Waals surface area contributed by atoms with E-state index in [0.29, 0.717) is 11.8 Å². The van der Waals surface area contributed by atoms with Gasteiger partial charge in [0.25, 0.3) is 0 Å². The number of hydrogen-bond donors (Lipinski definition) is 0. The summed E-state index contributed by atoms with van der Waals surface area (Å²) < 4.78 is 11.5. The second kappa shape index (κ2) is 6.38. The van der Waals surface area contributed by atoms with E-state index in [9.17, 15) is 9.59 Å². The van der Waals surface area contributed by atoms with E-state index in [4.69, 9.17) is 9.47 Å². The van der Waals surface area contributed by atoms with Gasteiger partial charge in [-0.05, 0) is 62.4 Å². The Morgan fingerprint density at radius 3 is 2.46 bits per heavy atom. The van der Waals surface area contributed by atoms with Crippen molar-refractivity contribution >= 4 is 11.9 Å². The molecule has 4 nitrogen and oxygen atoms in total. The van der Waals surface area contributed by atoms with Crippen LogP contribution in [0, 0.1) is 28.6 Å². The molecule has 4 heteroatoms. The van der Waals surface area contributed by atoms with Crippen LogP contribution in [0.15, 0.2) is 11.6 Å². The maximum Gasteiger partial charge on any atom is 0.312 e. The minimum atomic E-state index is -0.601. The van der Waals surface area contributed by atoms with E-state index in [1.165, 1.54) is 18.4 Å². The molecule has 0 heterocycles. The third-order valence-electron chi connectivity index (χ3n) is 7.52. The van der Waals surface area contributed by atoms with E-state index in [2.05, 4.69) is 13.0 Å². The number of esters is 2. The zero-order valence-electron chi connectivity index (χ0n) is 17.2. The zero-order valence-corrected chi connectivity index (χ0v) is 17.2. The van der Waals surface area contributed by atoms with Crippen LogP contribution in [0.1, 0.15) is 73.6 Å². The number of carbonyl (C=O) groups is 2. The fourth-order valence-corrected chi connectivity index (χ4v) is 4.93. The summed E-state index contributed by atoms with van der Waals surface area (Å²) in [4.78, 5) is 24.9. The van der Waals surface area contributed by atoms with Gasteiger partial charge in [-0.25, -0.2) is 0 Å². The van der Waals surface area contributed by atoms with Gasteiger partial charge >= 0.3 is 11.9 Å². The Balaban J connectivity index is 1.54. The highest BCUT2D eigenvalue weighted by molar-refractivity contribution is 5.77. The molecule has 2 fully saturated rings. The van der Waals surface area contributed by atoms with Gasteiger partial charge in [-0.2, -0.15) is 0 Å². The van der Waals surface area contributed by atoms with Crippen molar-refractivity contribution in [1.29, 1.82) is 0 Å². The molecule has 0 spiro atoms. The van der Waals surface area contributed by atoms with Crippen molar-refractivity contribution in [3.05, 3.63) is 11.6 Å². The van der Waals surface area contributed by atoms with E-state index in [1.54, 1.807) is 0 Å². The van der Waals surface area contributed by atoms with Gasteiger partial charge in [0.1, 0.15) is 12.2 Å². The van der Waals surface area contributed by atoms with Crippen molar-refractivity contribution in [1.82, 2.24) is 0 Å². The highest BCUT2D eigenvalue weighted by Crippen LogP contribution is 2.61. The first kappa shape index (κ1) is 19.4. The Hall–Kier alpha value is -1.32. The predicted octanol–water partition coefficient (Wildman–Crippen LogP) is 4.67. The second-order valence-corrected chi connectivity index (χ2v) is 9.98. The van der Waals surface area contributed by atoms with E-state index < -0.39 is 5.41 Å². The summed E-state index contributed by atoms with van der Waals surface area (Å²) in [7, 11) is 0. The number of rotatable bonds is 6. The number of ether oxygens (including phenoxy) is 2. The van der Waals surface area contributed by atoms with Crippen LogP contribution in [0.3, 0.4) is 0 Å². The van der Waals surface area contributed by atoms with Gasteiger partial charge in [0, 0.05) is 5.92 Å². The van der Waals surface area contributed by atoms with Crippen LogP contribution in [0.4, 0.5) is 0 Å². The van der Waals surface area contributed by atoms with Gasteiger partial charge in [0.15, 0.2) is 0 Å². The molecule has 0 saturated heterocycles. The van der Waals surface area contributed by atoms with E-state index in [1.807, 2.05) is 34.6 Å². The van der Waals surface area contributed by atoms with Crippen LogP contribution in [0.2, 0.25) is 0 Å². The minimum absolute atomic E-state index is 0.0900. The lowest BCUT2D eigenvalue weighted by atomic mass is 9.69. The van der Waals surface area contributed by atoms with Crippen LogP contribution >= 0.6 is 0 Å². The molecule has 2 saturated carbocycles. The van der Waals surface area contributed by atoms with Crippen molar-refractivity contribution in [2.45, 2.75) is 79.2 Å². The second-order valence-electron chi connectivity index (χ2n) is 9.98. The van der Waals surface area contributed by atoms with Gasteiger partial charge < -0.3 is 9.47 Å². The first-order chi connectivity index (χ1) is 12.0. The molecule has 4 unspecified atom stereocenters. The molecule has 4 rings (SSSR count). The standard InChI is InChI=1S/C22H34O4/c1-7-22(16-11-14-10-15(13-16)17(22)12-14)26-18(23)8-9-25-19(24)21(5,6)20(2,3)4/h13-15,17H,7-12H2,1-6H3. The number of carbonyl (C=O) groups excluding carboxylic acids is 2. The molecule has 146 valence electrons. The quantitative estimate of drug-likeness (QED) is 0.509. The maximum atomic E-state index is 12.5.